The number of fused-ring (bicyclic) bond motifs is 2. The van der Waals surface area contributed by atoms with Crippen LogP contribution in [0.15, 0.2) is 96.2 Å². The molecule has 1 aliphatic rings. The Hall–Kier alpha value is -3.92. The number of sulfonamides is 1. The molecular weight excluding hydrogens is 541 g/mol. The zero-order valence-corrected chi connectivity index (χ0v) is 23.7. The van der Waals surface area contributed by atoms with Crippen molar-refractivity contribution in [2.75, 3.05) is 11.4 Å². The predicted octanol–water partition coefficient (Wildman–Crippen LogP) is 5.85. The Morgan fingerprint density at radius 3 is 2.52 bits per heavy atom. The number of anilines is 1. The molecule has 9 heteroatoms. The number of carbonyl (C=O) groups is 1. The fourth-order valence-corrected chi connectivity index (χ4v) is 7.39. The van der Waals surface area contributed by atoms with Gasteiger partial charge in [-0.2, -0.15) is 4.31 Å². The Kier molecular flexibility index (Phi) is 7.18. The van der Waals surface area contributed by atoms with Crippen LogP contribution in [0.25, 0.3) is 10.2 Å². The Bertz CT molecular complexity index is 1780. The van der Waals surface area contributed by atoms with E-state index < -0.39 is 10.0 Å². The van der Waals surface area contributed by atoms with E-state index in [1.54, 1.807) is 29.4 Å². The molecule has 2 aromatic heterocycles. The van der Waals surface area contributed by atoms with E-state index in [2.05, 4.69) is 24.0 Å². The maximum absolute atomic E-state index is 13.9. The van der Waals surface area contributed by atoms with E-state index in [1.807, 2.05) is 42.5 Å². The van der Waals surface area contributed by atoms with E-state index in [1.165, 1.54) is 38.9 Å². The molecule has 0 radical (unpaired) electrons. The van der Waals surface area contributed by atoms with Crippen molar-refractivity contribution in [1.29, 1.82) is 0 Å². The Labute approximate surface area is 237 Å². The molecule has 5 aromatic rings. The van der Waals surface area contributed by atoms with Crippen LogP contribution in [0, 0.1) is 0 Å². The monoisotopic (exact) mass is 568 g/mol. The van der Waals surface area contributed by atoms with Gasteiger partial charge in [0.05, 0.1) is 21.7 Å². The third-order valence-electron chi connectivity index (χ3n) is 7.22. The topological polar surface area (TPSA) is 83.5 Å². The fraction of sp³-hybridized carbons (Fsp3) is 0.194. The van der Waals surface area contributed by atoms with Gasteiger partial charge in [-0.25, -0.2) is 13.4 Å². The summed E-state index contributed by atoms with van der Waals surface area (Å²) in [4.78, 5) is 24.6. The molecule has 1 amide bonds. The van der Waals surface area contributed by atoms with E-state index in [4.69, 9.17) is 4.98 Å². The second-order valence-electron chi connectivity index (χ2n) is 9.79. The smallest absolute Gasteiger partial charge is 0.260 e. The second-order valence-corrected chi connectivity index (χ2v) is 12.7. The summed E-state index contributed by atoms with van der Waals surface area (Å²) in [6.45, 7) is 3.17. The molecule has 0 bridgehead atoms. The number of aryl methyl sites for hydroxylation is 1. The van der Waals surface area contributed by atoms with Crippen molar-refractivity contribution in [2.24, 2.45) is 0 Å². The van der Waals surface area contributed by atoms with E-state index in [0.29, 0.717) is 36.8 Å². The molecule has 202 valence electrons. The van der Waals surface area contributed by atoms with Crippen molar-refractivity contribution < 1.29 is 13.2 Å². The number of nitrogens with zero attached hydrogens (tertiary/aromatic N) is 4. The predicted molar refractivity (Wildman–Crippen MR) is 158 cm³/mol. The van der Waals surface area contributed by atoms with Crippen LogP contribution in [0.1, 0.15) is 39.5 Å². The van der Waals surface area contributed by atoms with Crippen LogP contribution in [-0.2, 0) is 36.0 Å². The highest BCUT2D eigenvalue weighted by molar-refractivity contribution is 7.89. The van der Waals surface area contributed by atoms with Crippen LogP contribution in [0.4, 0.5) is 5.13 Å². The molecule has 0 fully saturated rings. The van der Waals surface area contributed by atoms with Crippen molar-refractivity contribution in [3.63, 3.8) is 0 Å². The summed E-state index contributed by atoms with van der Waals surface area (Å²) in [5.41, 5.74) is 5.52. The molecule has 0 spiro atoms. The minimum absolute atomic E-state index is 0.175. The molecule has 40 heavy (non-hydrogen) atoms. The Balaban J connectivity index is 1.29. The average molecular weight is 569 g/mol. The number of amides is 1. The minimum atomic E-state index is -3.70. The zero-order valence-electron chi connectivity index (χ0n) is 22.0. The lowest BCUT2D eigenvalue weighted by molar-refractivity contribution is 0.0985. The van der Waals surface area contributed by atoms with Gasteiger partial charge in [0.15, 0.2) is 5.13 Å². The third kappa shape index (κ3) is 5.15. The summed E-state index contributed by atoms with van der Waals surface area (Å²) in [5.74, 6) is -0.255. The standard InChI is InChI=1S/C31H28N4O3S2/c1-2-22-9-14-28-29(18-22)39-31(33-28)35(20-23-6-5-16-32-19-23)30(36)25-10-12-27(13-11-25)40(37,38)34-17-15-24-7-3-4-8-26(24)21-34/h3-14,16,18-19H,2,15,17,20-21H2,1H3. The van der Waals surface area contributed by atoms with Crippen molar-refractivity contribution in [2.45, 2.75) is 37.8 Å². The Morgan fingerprint density at radius 2 is 1.77 bits per heavy atom. The lowest BCUT2D eigenvalue weighted by Gasteiger charge is -2.28. The lowest BCUT2D eigenvalue weighted by atomic mass is 10.0. The van der Waals surface area contributed by atoms with Gasteiger partial charge in [-0.05, 0) is 77.6 Å². The summed E-state index contributed by atoms with van der Waals surface area (Å²) in [7, 11) is -3.70. The second kappa shape index (κ2) is 10.9. The first-order valence-corrected chi connectivity index (χ1v) is 15.5. The number of hydrogen-bond donors (Lipinski definition) is 0. The minimum Gasteiger partial charge on any atom is -0.279 e. The van der Waals surface area contributed by atoms with Crippen molar-refractivity contribution in [3.05, 3.63) is 119 Å². The zero-order chi connectivity index (χ0) is 27.7. The number of rotatable bonds is 7. The summed E-state index contributed by atoms with van der Waals surface area (Å²) >= 11 is 1.47. The van der Waals surface area contributed by atoms with Gasteiger partial charge in [0.1, 0.15) is 0 Å². The van der Waals surface area contributed by atoms with Crippen molar-refractivity contribution in [3.8, 4) is 0 Å². The highest BCUT2D eigenvalue weighted by atomic mass is 32.2. The highest BCUT2D eigenvalue weighted by Crippen LogP contribution is 2.32. The van der Waals surface area contributed by atoms with E-state index in [9.17, 15) is 13.2 Å². The average Bonchev–Trinajstić information content (AvgIpc) is 3.43. The first kappa shape index (κ1) is 26.3. The molecule has 0 atom stereocenters. The summed E-state index contributed by atoms with van der Waals surface area (Å²) < 4.78 is 29.4. The van der Waals surface area contributed by atoms with E-state index in [0.717, 1.165) is 27.8 Å². The van der Waals surface area contributed by atoms with Gasteiger partial charge in [-0.15, -0.1) is 0 Å². The van der Waals surface area contributed by atoms with Crippen LogP contribution >= 0.6 is 11.3 Å². The normalized spacial score (nSPS) is 13.7. The molecule has 0 N–H and O–H groups in total. The van der Waals surface area contributed by atoms with Crippen LogP contribution in [0.2, 0.25) is 0 Å². The molecule has 0 saturated carbocycles. The SMILES string of the molecule is CCc1ccc2nc(N(Cc3cccnc3)C(=O)c3ccc(S(=O)(=O)N4CCc5ccccc5C4)cc3)sc2c1. The van der Waals surface area contributed by atoms with Gasteiger partial charge in [0.2, 0.25) is 10.0 Å². The third-order valence-corrected chi connectivity index (χ3v) is 10.1. The van der Waals surface area contributed by atoms with Crippen molar-refractivity contribution >= 4 is 42.6 Å². The molecule has 0 saturated heterocycles. The summed E-state index contributed by atoms with van der Waals surface area (Å²) in [6.07, 6.45) is 5.02. The number of aromatic nitrogens is 2. The fourth-order valence-electron chi connectivity index (χ4n) is 4.94. The molecule has 3 heterocycles. The van der Waals surface area contributed by atoms with Gasteiger partial charge in [-0.3, -0.25) is 14.7 Å². The number of hydrogen-bond acceptors (Lipinski definition) is 6. The molecule has 3 aromatic carbocycles. The Morgan fingerprint density at radius 1 is 0.975 bits per heavy atom. The van der Waals surface area contributed by atoms with Gasteiger partial charge in [-0.1, -0.05) is 54.7 Å². The number of carbonyl (C=O) groups excluding carboxylic acids is 1. The van der Waals surface area contributed by atoms with Gasteiger partial charge in [0.25, 0.3) is 5.91 Å². The van der Waals surface area contributed by atoms with Crippen molar-refractivity contribution in [1.82, 2.24) is 14.3 Å². The maximum atomic E-state index is 13.9. The molecule has 6 rings (SSSR count). The first-order valence-electron chi connectivity index (χ1n) is 13.2. The molecular formula is C31H28N4O3S2. The van der Waals surface area contributed by atoms with E-state index >= 15 is 0 Å². The highest BCUT2D eigenvalue weighted by Gasteiger charge is 2.29. The quantitative estimate of drug-likeness (QED) is 0.246. The number of benzene rings is 3. The summed E-state index contributed by atoms with van der Waals surface area (Å²) in [6, 6.07) is 24.1. The van der Waals surface area contributed by atoms with Crippen LogP contribution in [-0.4, -0.2) is 35.1 Å². The lowest BCUT2D eigenvalue weighted by Crippen LogP contribution is -2.36. The molecule has 7 nitrogen and oxygen atoms in total. The first-order chi connectivity index (χ1) is 19.4. The molecule has 0 aliphatic carbocycles. The van der Waals surface area contributed by atoms with E-state index in [-0.39, 0.29) is 10.8 Å². The molecule has 0 unspecified atom stereocenters. The maximum Gasteiger partial charge on any atom is 0.260 e. The summed E-state index contributed by atoms with van der Waals surface area (Å²) in [5, 5.41) is 0.584. The van der Waals surface area contributed by atoms with Crippen LogP contribution in [0.3, 0.4) is 0 Å². The largest absolute Gasteiger partial charge is 0.279 e. The van der Waals surface area contributed by atoms with Gasteiger partial charge >= 0.3 is 0 Å². The van der Waals surface area contributed by atoms with Crippen LogP contribution < -0.4 is 4.90 Å². The number of thiazole rings is 1. The van der Waals surface area contributed by atoms with Gasteiger partial charge in [0, 0.05) is 31.0 Å². The van der Waals surface area contributed by atoms with Gasteiger partial charge < -0.3 is 0 Å². The van der Waals surface area contributed by atoms with Crippen LogP contribution in [0.5, 0.6) is 0 Å². The molecule has 1 aliphatic heterocycles. The number of pyridine rings is 1.